The Morgan fingerprint density at radius 2 is 1.71 bits per heavy atom. The fourth-order valence-corrected chi connectivity index (χ4v) is 3.69. The SMILES string of the molecule is CCOC(=O)CNC(=O)N1CCN(c2nc(C)nc(C)c2Cc2ccc(C)cc2)CC1. The summed E-state index contributed by atoms with van der Waals surface area (Å²) in [6.07, 6.45) is 0.766. The van der Waals surface area contributed by atoms with Crippen LogP contribution in [0.25, 0.3) is 0 Å². The lowest BCUT2D eigenvalue weighted by molar-refractivity contribution is -0.141. The molecule has 2 aromatic rings. The number of amides is 2. The minimum absolute atomic E-state index is 0.113. The van der Waals surface area contributed by atoms with E-state index in [2.05, 4.69) is 46.4 Å². The fraction of sp³-hybridized carbons (Fsp3) is 0.478. The second-order valence-corrected chi connectivity index (χ2v) is 7.76. The number of urea groups is 1. The Morgan fingerprint density at radius 3 is 2.35 bits per heavy atom. The second-order valence-electron chi connectivity index (χ2n) is 7.76. The van der Waals surface area contributed by atoms with E-state index in [1.807, 2.05) is 13.8 Å². The van der Waals surface area contributed by atoms with Crippen LogP contribution in [0.1, 0.15) is 35.1 Å². The van der Waals surface area contributed by atoms with Gasteiger partial charge in [-0.3, -0.25) is 4.79 Å². The lowest BCUT2D eigenvalue weighted by Crippen LogP contribution is -2.53. The van der Waals surface area contributed by atoms with Gasteiger partial charge in [-0.1, -0.05) is 29.8 Å². The predicted octanol–water partition coefficient (Wildman–Crippen LogP) is 2.39. The number of nitrogens with one attached hydrogen (secondary N) is 1. The first-order valence-electron chi connectivity index (χ1n) is 10.7. The number of carbonyl (C=O) groups is 2. The largest absolute Gasteiger partial charge is 0.465 e. The van der Waals surface area contributed by atoms with E-state index in [0.717, 1.165) is 29.3 Å². The van der Waals surface area contributed by atoms with Crippen molar-refractivity contribution in [1.82, 2.24) is 20.2 Å². The van der Waals surface area contributed by atoms with Crippen LogP contribution in [0.5, 0.6) is 0 Å². The average molecular weight is 426 g/mol. The minimum atomic E-state index is -0.429. The first kappa shape index (κ1) is 22.5. The number of rotatable bonds is 6. The normalized spacial score (nSPS) is 13.8. The Hall–Kier alpha value is -3.16. The maximum absolute atomic E-state index is 12.4. The molecule has 0 spiro atoms. The van der Waals surface area contributed by atoms with Gasteiger partial charge in [0.05, 0.1) is 6.61 Å². The number of nitrogens with zero attached hydrogens (tertiary/aromatic N) is 4. The highest BCUT2D eigenvalue weighted by Crippen LogP contribution is 2.25. The molecule has 166 valence electrons. The third kappa shape index (κ3) is 5.93. The fourth-order valence-electron chi connectivity index (χ4n) is 3.69. The summed E-state index contributed by atoms with van der Waals surface area (Å²) in [6.45, 7) is 10.4. The lowest BCUT2D eigenvalue weighted by Gasteiger charge is -2.36. The molecule has 0 bridgehead atoms. The molecule has 0 unspecified atom stereocenters. The summed E-state index contributed by atoms with van der Waals surface area (Å²) in [4.78, 5) is 37.1. The summed E-state index contributed by atoms with van der Waals surface area (Å²) in [6, 6.07) is 8.27. The quantitative estimate of drug-likeness (QED) is 0.715. The van der Waals surface area contributed by atoms with E-state index in [1.54, 1.807) is 11.8 Å². The highest BCUT2D eigenvalue weighted by molar-refractivity contribution is 5.81. The van der Waals surface area contributed by atoms with Gasteiger partial charge >= 0.3 is 12.0 Å². The smallest absolute Gasteiger partial charge is 0.325 e. The van der Waals surface area contributed by atoms with Crippen molar-refractivity contribution < 1.29 is 14.3 Å². The van der Waals surface area contributed by atoms with Crippen LogP contribution in [0.2, 0.25) is 0 Å². The maximum Gasteiger partial charge on any atom is 0.325 e. The Kier molecular flexibility index (Phi) is 7.44. The van der Waals surface area contributed by atoms with Crippen LogP contribution in [0.15, 0.2) is 24.3 Å². The van der Waals surface area contributed by atoms with Gasteiger partial charge in [0.2, 0.25) is 0 Å². The molecular weight excluding hydrogens is 394 g/mol. The van der Waals surface area contributed by atoms with Crippen LogP contribution >= 0.6 is 0 Å². The zero-order valence-corrected chi connectivity index (χ0v) is 18.8. The second kappa shape index (κ2) is 10.2. The molecule has 0 saturated carbocycles. The van der Waals surface area contributed by atoms with E-state index in [4.69, 9.17) is 9.72 Å². The number of aryl methyl sites for hydroxylation is 3. The van der Waals surface area contributed by atoms with Crippen LogP contribution in [0.3, 0.4) is 0 Å². The molecule has 2 amide bonds. The predicted molar refractivity (Wildman–Crippen MR) is 119 cm³/mol. The van der Waals surface area contributed by atoms with Crippen molar-refractivity contribution in [3.63, 3.8) is 0 Å². The number of ether oxygens (including phenoxy) is 1. The van der Waals surface area contributed by atoms with Crippen molar-refractivity contribution in [3.8, 4) is 0 Å². The van der Waals surface area contributed by atoms with E-state index in [1.165, 1.54) is 11.1 Å². The summed E-state index contributed by atoms with van der Waals surface area (Å²) >= 11 is 0. The van der Waals surface area contributed by atoms with E-state index in [9.17, 15) is 9.59 Å². The van der Waals surface area contributed by atoms with Crippen LogP contribution in [-0.2, 0) is 16.0 Å². The molecule has 1 N–H and O–H groups in total. The van der Waals surface area contributed by atoms with Crippen molar-refractivity contribution in [1.29, 1.82) is 0 Å². The zero-order chi connectivity index (χ0) is 22.4. The number of benzene rings is 1. The molecule has 8 nitrogen and oxygen atoms in total. The molecular formula is C23H31N5O3. The van der Waals surface area contributed by atoms with Gasteiger partial charge in [-0.05, 0) is 33.3 Å². The van der Waals surface area contributed by atoms with Gasteiger partial charge in [-0.25, -0.2) is 14.8 Å². The van der Waals surface area contributed by atoms with Gasteiger partial charge in [-0.15, -0.1) is 0 Å². The van der Waals surface area contributed by atoms with Crippen LogP contribution in [0.4, 0.5) is 10.6 Å². The molecule has 0 atom stereocenters. The van der Waals surface area contributed by atoms with Gasteiger partial charge < -0.3 is 19.9 Å². The third-order valence-corrected chi connectivity index (χ3v) is 5.36. The van der Waals surface area contributed by atoms with E-state index in [0.29, 0.717) is 32.8 Å². The zero-order valence-electron chi connectivity index (χ0n) is 18.8. The first-order chi connectivity index (χ1) is 14.9. The Labute approximate surface area is 183 Å². The van der Waals surface area contributed by atoms with Crippen LogP contribution in [0, 0.1) is 20.8 Å². The number of hydrogen-bond donors (Lipinski definition) is 1. The molecule has 1 saturated heterocycles. The molecule has 0 aliphatic carbocycles. The molecule has 1 aromatic heterocycles. The van der Waals surface area contributed by atoms with Crippen molar-refractivity contribution >= 4 is 17.8 Å². The molecule has 0 radical (unpaired) electrons. The monoisotopic (exact) mass is 425 g/mol. The van der Waals surface area contributed by atoms with Crippen LogP contribution in [-0.4, -0.2) is 66.2 Å². The molecule has 3 rings (SSSR count). The molecule has 1 fully saturated rings. The number of hydrogen-bond acceptors (Lipinski definition) is 6. The van der Waals surface area contributed by atoms with Crippen LogP contribution < -0.4 is 10.2 Å². The van der Waals surface area contributed by atoms with Gasteiger partial charge in [0.1, 0.15) is 18.2 Å². The number of esters is 1. The Morgan fingerprint density at radius 1 is 1.03 bits per heavy atom. The Bertz CT molecular complexity index is 922. The first-order valence-corrected chi connectivity index (χ1v) is 10.7. The molecule has 1 aromatic carbocycles. The van der Waals surface area contributed by atoms with Crippen molar-refractivity contribution in [2.24, 2.45) is 0 Å². The summed E-state index contributed by atoms with van der Waals surface area (Å²) in [7, 11) is 0. The third-order valence-electron chi connectivity index (χ3n) is 5.36. The highest BCUT2D eigenvalue weighted by atomic mass is 16.5. The van der Waals surface area contributed by atoms with Gasteiger partial charge in [0.15, 0.2) is 0 Å². The maximum atomic E-state index is 12.4. The number of piperazine rings is 1. The van der Waals surface area contributed by atoms with E-state index >= 15 is 0 Å². The number of anilines is 1. The molecule has 31 heavy (non-hydrogen) atoms. The average Bonchev–Trinajstić information content (AvgIpc) is 2.75. The molecule has 1 aliphatic heterocycles. The van der Waals surface area contributed by atoms with E-state index < -0.39 is 5.97 Å². The van der Waals surface area contributed by atoms with Crippen molar-refractivity contribution in [2.45, 2.75) is 34.1 Å². The highest BCUT2D eigenvalue weighted by Gasteiger charge is 2.25. The standard InChI is InChI=1S/C23H31N5O3/c1-5-31-21(29)15-24-23(30)28-12-10-27(11-13-28)22-20(17(3)25-18(4)26-22)14-19-8-6-16(2)7-9-19/h6-9H,5,10-15H2,1-4H3,(H,24,30). The Balaban J connectivity index is 1.67. The lowest BCUT2D eigenvalue weighted by atomic mass is 10.0. The number of carbonyl (C=O) groups excluding carboxylic acids is 2. The minimum Gasteiger partial charge on any atom is -0.465 e. The van der Waals surface area contributed by atoms with Crippen molar-refractivity contribution in [3.05, 3.63) is 52.5 Å². The number of aromatic nitrogens is 2. The summed E-state index contributed by atoms with van der Waals surface area (Å²) in [5.41, 5.74) is 4.56. The molecule has 1 aliphatic rings. The topological polar surface area (TPSA) is 87.7 Å². The van der Waals surface area contributed by atoms with Gasteiger partial charge in [0, 0.05) is 43.9 Å². The van der Waals surface area contributed by atoms with Gasteiger partial charge in [0.25, 0.3) is 0 Å². The summed E-state index contributed by atoms with van der Waals surface area (Å²) in [5, 5.41) is 2.63. The molecule has 8 heteroatoms. The van der Waals surface area contributed by atoms with E-state index in [-0.39, 0.29) is 12.6 Å². The van der Waals surface area contributed by atoms with Crippen molar-refractivity contribution in [2.75, 3.05) is 44.2 Å². The van der Waals surface area contributed by atoms with Gasteiger partial charge in [-0.2, -0.15) is 0 Å². The summed E-state index contributed by atoms with van der Waals surface area (Å²) in [5.74, 6) is 1.26. The summed E-state index contributed by atoms with van der Waals surface area (Å²) < 4.78 is 4.85. The molecule has 2 heterocycles.